The van der Waals surface area contributed by atoms with Gasteiger partial charge < -0.3 is 9.32 Å². The van der Waals surface area contributed by atoms with Gasteiger partial charge in [-0.25, -0.2) is 0 Å². The van der Waals surface area contributed by atoms with Gasteiger partial charge in [0, 0.05) is 25.7 Å². The highest BCUT2D eigenvalue weighted by Crippen LogP contribution is 2.30. The van der Waals surface area contributed by atoms with Gasteiger partial charge in [0.25, 0.3) is 11.8 Å². The van der Waals surface area contributed by atoms with E-state index in [0.29, 0.717) is 30.6 Å². The summed E-state index contributed by atoms with van der Waals surface area (Å²) in [5.41, 5.74) is 2.38. The van der Waals surface area contributed by atoms with Crippen molar-refractivity contribution in [3.63, 3.8) is 0 Å². The van der Waals surface area contributed by atoms with Crippen molar-refractivity contribution in [2.45, 2.75) is 18.8 Å². The highest BCUT2D eigenvalue weighted by Gasteiger charge is 2.30. The Morgan fingerprint density at radius 1 is 1.17 bits per heavy atom. The molecule has 0 spiro atoms. The first kappa shape index (κ1) is 18.7. The van der Waals surface area contributed by atoms with Gasteiger partial charge in [-0.05, 0) is 30.4 Å². The molecule has 30 heavy (non-hydrogen) atoms. The van der Waals surface area contributed by atoms with Gasteiger partial charge in [0.2, 0.25) is 5.89 Å². The summed E-state index contributed by atoms with van der Waals surface area (Å²) in [5, 5.41) is 15.0. The number of hydrogen-bond donors (Lipinski definition) is 0. The fourth-order valence-electron chi connectivity index (χ4n) is 3.84. The van der Waals surface area contributed by atoms with Crippen LogP contribution in [0.2, 0.25) is 0 Å². The third-order valence-electron chi connectivity index (χ3n) is 5.40. The van der Waals surface area contributed by atoms with Gasteiger partial charge in [-0.15, -0.1) is 21.5 Å². The Kier molecular flexibility index (Phi) is 4.92. The van der Waals surface area contributed by atoms with Gasteiger partial charge in [-0.2, -0.15) is 5.10 Å². The van der Waals surface area contributed by atoms with Crippen LogP contribution < -0.4 is 0 Å². The summed E-state index contributed by atoms with van der Waals surface area (Å²) >= 11 is 1.57. The Morgan fingerprint density at radius 3 is 2.83 bits per heavy atom. The molecule has 1 saturated heterocycles. The van der Waals surface area contributed by atoms with Crippen molar-refractivity contribution in [2.75, 3.05) is 13.1 Å². The number of benzene rings is 1. The van der Waals surface area contributed by atoms with Gasteiger partial charge in [0.1, 0.15) is 5.69 Å². The molecule has 7 nitrogen and oxygen atoms in total. The Balaban J connectivity index is 1.34. The highest BCUT2D eigenvalue weighted by molar-refractivity contribution is 7.13. The van der Waals surface area contributed by atoms with Crippen molar-refractivity contribution in [2.24, 2.45) is 7.05 Å². The Labute approximate surface area is 178 Å². The molecule has 0 radical (unpaired) electrons. The number of piperidine rings is 1. The summed E-state index contributed by atoms with van der Waals surface area (Å²) < 4.78 is 7.58. The number of rotatable bonds is 4. The molecule has 1 aliphatic heterocycles. The fourth-order valence-corrected chi connectivity index (χ4v) is 4.49. The van der Waals surface area contributed by atoms with E-state index in [4.69, 9.17) is 4.42 Å². The zero-order valence-electron chi connectivity index (χ0n) is 16.6. The molecule has 4 aromatic rings. The second-order valence-electron chi connectivity index (χ2n) is 7.42. The standard InChI is InChI=1S/C22H21N5O2S/c1-26-18(13-17(25-26)15-7-3-2-4-8-15)22(28)27-11-5-9-16(14-27)20-23-24-21(29-20)19-10-6-12-30-19/h2-4,6-8,10,12-13,16H,5,9,11,14H2,1H3/t16-/m0/s1. The molecule has 0 bridgehead atoms. The van der Waals surface area contributed by atoms with Crippen LogP contribution in [0.1, 0.15) is 35.1 Å². The maximum atomic E-state index is 13.2. The lowest BCUT2D eigenvalue weighted by molar-refractivity contribution is 0.0687. The van der Waals surface area contributed by atoms with Crippen molar-refractivity contribution in [1.29, 1.82) is 0 Å². The van der Waals surface area contributed by atoms with Crippen LogP contribution in [0.5, 0.6) is 0 Å². The van der Waals surface area contributed by atoms with Crippen molar-refractivity contribution in [3.8, 4) is 22.0 Å². The van der Waals surface area contributed by atoms with Gasteiger partial charge >= 0.3 is 0 Å². The predicted molar refractivity (Wildman–Crippen MR) is 114 cm³/mol. The van der Waals surface area contributed by atoms with Crippen LogP contribution in [0.15, 0.2) is 58.3 Å². The van der Waals surface area contributed by atoms with Crippen molar-refractivity contribution in [1.82, 2.24) is 24.9 Å². The van der Waals surface area contributed by atoms with E-state index in [1.54, 1.807) is 16.0 Å². The lowest BCUT2D eigenvalue weighted by Crippen LogP contribution is -2.40. The topological polar surface area (TPSA) is 77.1 Å². The zero-order valence-corrected chi connectivity index (χ0v) is 17.4. The van der Waals surface area contributed by atoms with Crippen molar-refractivity contribution < 1.29 is 9.21 Å². The minimum Gasteiger partial charge on any atom is -0.420 e. The number of carbonyl (C=O) groups excluding carboxylic acids is 1. The number of aryl methyl sites for hydroxylation is 1. The lowest BCUT2D eigenvalue weighted by atomic mass is 9.97. The Morgan fingerprint density at radius 2 is 2.03 bits per heavy atom. The third kappa shape index (κ3) is 3.54. The monoisotopic (exact) mass is 419 g/mol. The molecule has 8 heteroatoms. The summed E-state index contributed by atoms with van der Waals surface area (Å²) in [6.45, 7) is 1.28. The maximum Gasteiger partial charge on any atom is 0.272 e. The van der Waals surface area contributed by atoms with Gasteiger partial charge in [0.05, 0.1) is 16.5 Å². The van der Waals surface area contributed by atoms with Crippen LogP contribution in [-0.2, 0) is 7.05 Å². The number of amides is 1. The minimum atomic E-state index is -0.0186. The van der Waals surface area contributed by atoms with Crippen LogP contribution in [0.4, 0.5) is 0 Å². The number of aromatic nitrogens is 4. The molecule has 1 fully saturated rings. The molecule has 4 heterocycles. The second kappa shape index (κ2) is 7.87. The van der Waals surface area contributed by atoms with Gasteiger partial charge in [-0.3, -0.25) is 9.48 Å². The average molecular weight is 420 g/mol. The molecule has 0 saturated carbocycles. The fraction of sp³-hybridized carbons (Fsp3) is 0.273. The number of carbonyl (C=O) groups is 1. The summed E-state index contributed by atoms with van der Waals surface area (Å²) in [4.78, 5) is 16.1. The molecule has 1 atom stereocenters. The van der Waals surface area contributed by atoms with E-state index in [2.05, 4.69) is 15.3 Å². The number of nitrogens with zero attached hydrogens (tertiary/aromatic N) is 5. The van der Waals surface area contributed by atoms with Crippen LogP contribution in [0, 0.1) is 0 Å². The van der Waals surface area contributed by atoms with Gasteiger partial charge in [0.15, 0.2) is 0 Å². The normalized spacial score (nSPS) is 16.7. The van der Waals surface area contributed by atoms with Crippen molar-refractivity contribution in [3.05, 3.63) is 65.5 Å². The highest BCUT2D eigenvalue weighted by atomic mass is 32.1. The molecular weight excluding hydrogens is 398 g/mol. The second-order valence-corrected chi connectivity index (χ2v) is 8.37. The molecule has 1 aliphatic rings. The first-order valence-corrected chi connectivity index (χ1v) is 10.8. The number of hydrogen-bond acceptors (Lipinski definition) is 6. The summed E-state index contributed by atoms with van der Waals surface area (Å²) in [6, 6.07) is 15.7. The van der Waals surface area contributed by atoms with E-state index >= 15 is 0 Å². The first-order valence-electron chi connectivity index (χ1n) is 9.95. The molecule has 0 N–H and O–H groups in total. The SMILES string of the molecule is Cn1nc(-c2ccccc2)cc1C(=O)N1CCC[C@H](c2nnc(-c3cccs3)o2)C1. The van der Waals surface area contributed by atoms with Crippen LogP contribution in [-0.4, -0.2) is 43.9 Å². The molecule has 1 amide bonds. The zero-order chi connectivity index (χ0) is 20.5. The molecule has 152 valence electrons. The molecular formula is C22H21N5O2S. The summed E-state index contributed by atoms with van der Waals surface area (Å²) in [5.74, 6) is 1.18. The summed E-state index contributed by atoms with van der Waals surface area (Å²) in [7, 11) is 1.81. The van der Waals surface area contributed by atoms with Crippen molar-refractivity contribution >= 4 is 17.2 Å². The van der Waals surface area contributed by atoms with E-state index in [1.165, 1.54) is 0 Å². The lowest BCUT2D eigenvalue weighted by Gasteiger charge is -2.31. The van der Waals surface area contributed by atoms with E-state index in [1.807, 2.05) is 65.9 Å². The minimum absolute atomic E-state index is 0.0186. The summed E-state index contributed by atoms with van der Waals surface area (Å²) in [6.07, 6.45) is 1.83. The Hall–Kier alpha value is -3.26. The smallest absolute Gasteiger partial charge is 0.272 e. The molecule has 1 aromatic carbocycles. The average Bonchev–Trinajstić information content (AvgIpc) is 3.54. The first-order chi connectivity index (χ1) is 14.7. The quantitative estimate of drug-likeness (QED) is 0.495. The van der Waals surface area contributed by atoms with Crippen LogP contribution in [0.25, 0.3) is 22.0 Å². The van der Waals surface area contributed by atoms with Crippen LogP contribution in [0.3, 0.4) is 0 Å². The largest absolute Gasteiger partial charge is 0.420 e. The molecule has 5 rings (SSSR count). The number of thiophene rings is 1. The van der Waals surface area contributed by atoms with E-state index in [9.17, 15) is 4.79 Å². The molecule has 0 unspecified atom stereocenters. The van der Waals surface area contributed by atoms with Crippen LogP contribution >= 0.6 is 11.3 Å². The maximum absolute atomic E-state index is 13.2. The number of likely N-dealkylation sites (tertiary alicyclic amines) is 1. The Bertz CT molecular complexity index is 1150. The third-order valence-corrected chi connectivity index (χ3v) is 6.26. The molecule has 0 aliphatic carbocycles. The molecule has 3 aromatic heterocycles. The predicted octanol–water partition coefficient (Wildman–Crippen LogP) is 4.22. The van der Waals surface area contributed by atoms with E-state index in [-0.39, 0.29) is 11.8 Å². The van der Waals surface area contributed by atoms with E-state index < -0.39 is 0 Å². The van der Waals surface area contributed by atoms with E-state index in [0.717, 1.165) is 29.0 Å². The van der Waals surface area contributed by atoms with Gasteiger partial charge in [-0.1, -0.05) is 36.4 Å².